The first-order chi connectivity index (χ1) is 6.75. The number of unbranched alkanes of at least 4 members (excludes halogenated alkanes) is 1. The summed E-state index contributed by atoms with van der Waals surface area (Å²) in [5.74, 6) is 0.677. The molecule has 1 aromatic heterocycles. The Morgan fingerprint density at radius 1 is 1.57 bits per heavy atom. The SMILES string of the molecule is CCCCOc1ncccc1C(C)N. The molecule has 78 valence electrons. The molecule has 0 aliphatic rings. The Labute approximate surface area is 85.3 Å². The third kappa shape index (κ3) is 3.00. The van der Waals surface area contributed by atoms with Crippen molar-refractivity contribution in [3.05, 3.63) is 23.9 Å². The van der Waals surface area contributed by atoms with Crippen LogP contribution in [0.3, 0.4) is 0 Å². The highest BCUT2D eigenvalue weighted by atomic mass is 16.5. The van der Waals surface area contributed by atoms with Crippen LogP contribution in [-0.2, 0) is 0 Å². The zero-order chi connectivity index (χ0) is 10.4. The summed E-state index contributed by atoms with van der Waals surface area (Å²) in [6, 6.07) is 3.81. The molecule has 3 nitrogen and oxygen atoms in total. The van der Waals surface area contributed by atoms with E-state index in [1.54, 1.807) is 6.20 Å². The lowest BCUT2D eigenvalue weighted by atomic mass is 10.1. The molecule has 1 heterocycles. The maximum absolute atomic E-state index is 5.80. The van der Waals surface area contributed by atoms with E-state index in [9.17, 15) is 0 Å². The van der Waals surface area contributed by atoms with Gasteiger partial charge in [0.2, 0.25) is 5.88 Å². The first kappa shape index (κ1) is 11.0. The zero-order valence-electron chi connectivity index (χ0n) is 8.86. The molecule has 0 saturated heterocycles. The van der Waals surface area contributed by atoms with Crippen LogP contribution < -0.4 is 10.5 Å². The van der Waals surface area contributed by atoms with E-state index in [2.05, 4.69) is 11.9 Å². The fraction of sp³-hybridized carbons (Fsp3) is 0.545. The molecule has 1 aromatic rings. The molecular weight excluding hydrogens is 176 g/mol. The van der Waals surface area contributed by atoms with Gasteiger partial charge in [0.05, 0.1) is 6.61 Å². The normalized spacial score (nSPS) is 12.5. The minimum Gasteiger partial charge on any atom is -0.477 e. The van der Waals surface area contributed by atoms with Gasteiger partial charge in [0.15, 0.2) is 0 Å². The van der Waals surface area contributed by atoms with E-state index in [0.717, 1.165) is 18.4 Å². The summed E-state index contributed by atoms with van der Waals surface area (Å²) in [6.07, 6.45) is 3.91. The Kier molecular flexibility index (Phi) is 4.40. The van der Waals surface area contributed by atoms with Crippen molar-refractivity contribution in [1.82, 2.24) is 4.98 Å². The first-order valence-corrected chi connectivity index (χ1v) is 5.09. The van der Waals surface area contributed by atoms with Crippen LogP contribution in [0.5, 0.6) is 5.88 Å². The standard InChI is InChI=1S/C11H18N2O/c1-3-4-8-14-11-10(9(2)12)6-5-7-13-11/h5-7,9H,3-4,8,12H2,1-2H3. The number of pyridine rings is 1. The second kappa shape index (κ2) is 5.60. The van der Waals surface area contributed by atoms with Gasteiger partial charge in [-0.3, -0.25) is 0 Å². The van der Waals surface area contributed by atoms with Gasteiger partial charge < -0.3 is 10.5 Å². The summed E-state index contributed by atoms with van der Waals surface area (Å²) in [6.45, 7) is 4.78. The maximum Gasteiger partial charge on any atom is 0.218 e. The third-order valence-corrected chi connectivity index (χ3v) is 2.03. The van der Waals surface area contributed by atoms with Gasteiger partial charge in [0.1, 0.15) is 0 Å². The van der Waals surface area contributed by atoms with Gasteiger partial charge in [-0.1, -0.05) is 19.4 Å². The van der Waals surface area contributed by atoms with Crippen molar-refractivity contribution in [2.45, 2.75) is 32.7 Å². The van der Waals surface area contributed by atoms with Crippen molar-refractivity contribution in [3.8, 4) is 5.88 Å². The van der Waals surface area contributed by atoms with E-state index in [4.69, 9.17) is 10.5 Å². The molecular formula is C11H18N2O. The summed E-state index contributed by atoms with van der Waals surface area (Å²) in [7, 11) is 0. The number of nitrogens with two attached hydrogens (primary N) is 1. The van der Waals surface area contributed by atoms with Gasteiger partial charge in [-0.25, -0.2) is 4.98 Å². The van der Waals surface area contributed by atoms with Crippen molar-refractivity contribution in [1.29, 1.82) is 0 Å². The molecule has 0 fully saturated rings. The number of nitrogens with zero attached hydrogens (tertiary/aromatic N) is 1. The quantitative estimate of drug-likeness (QED) is 0.731. The van der Waals surface area contributed by atoms with Crippen molar-refractivity contribution in [2.24, 2.45) is 5.73 Å². The molecule has 1 unspecified atom stereocenters. The number of rotatable bonds is 5. The van der Waals surface area contributed by atoms with Crippen molar-refractivity contribution < 1.29 is 4.74 Å². The molecule has 0 aliphatic carbocycles. The Morgan fingerprint density at radius 2 is 2.36 bits per heavy atom. The second-order valence-electron chi connectivity index (χ2n) is 3.39. The summed E-state index contributed by atoms with van der Waals surface area (Å²) >= 11 is 0. The molecule has 0 spiro atoms. The highest BCUT2D eigenvalue weighted by Crippen LogP contribution is 2.20. The average molecular weight is 194 g/mol. The van der Waals surface area contributed by atoms with Crippen LogP contribution in [0.2, 0.25) is 0 Å². The fourth-order valence-corrected chi connectivity index (χ4v) is 1.18. The van der Waals surface area contributed by atoms with Crippen LogP contribution in [0, 0.1) is 0 Å². The highest BCUT2D eigenvalue weighted by molar-refractivity contribution is 5.27. The molecule has 0 bridgehead atoms. The molecule has 2 N–H and O–H groups in total. The number of hydrogen-bond acceptors (Lipinski definition) is 3. The number of aromatic nitrogens is 1. The van der Waals surface area contributed by atoms with Gasteiger partial charge >= 0.3 is 0 Å². The van der Waals surface area contributed by atoms with Gasteiger partial charge in [0, 0.05) is 17.8 Å². The lowest BCUT2D eigenvalue weighted by molar-refractivity contribution is 0.293. The number of hydrogen-bond donors (Lipinski definition) is 1. The van der Waals surface area contributed by atoms with E-state index >= 15 is 0 Å². The Bertz CT molecular complexity index is 274. The van der Waals surface area contributed by atoms with Gasteiger partial charge in [-0.05, 0) is 19.4 Å². The third-order valence-electron chi connectivity index (χ3n) is 2.03. The molecule has 1 atom stereocenters. The Morgan fingerprint density at radius 3 is 3.00 bits per heavy atom. The van der Waals surface area contributed by atoms with E-state index in [-0.39, 0.29) is 6.04 Å². The highest BCUT2D eigenvalue weighted by Gasteiger charge is 2.07. The first-order valence-electron chi connectivity index (χ1n) is 5.09. The lowest BCUT2D eigenvalue weighted by Crippen LogP contribution is -2.09. The topological polar surface area (TPSA) is 48.1 Å². The smallest absolute Gasteiger partial charge is 0.218 e. The van der Waals surface area contributed by atoms with Crippen LogP contribution in [0.1, 0.15) is 38.3 Å². The van der Waals surface area contributed by atoms with Crippen LogP contribution in [0.4, 0.5) is 0 Å². The fourth-order valence-electron chi connectivity index (χ4n) is 1.18. The van der Waals surface area contributed by atoms with Crippen LogP contribution in [-0.4, -0.2) is 11.6 Å². The molecule has 0 aromatic carbocycles. The van der Waals surface area contributed by atoms with Crippen molar-refractivity contribution in [2.75, 3.05) is 6.61 Å². The van der Waals surface area contributed by atoms with Gasteiger partial charge in [0.25, 0.3) is 0 Å². The van der Waals surface area contributed by atoms with Crippen molar-refractivity contribution in [3.63, 3.8) is 0 Å². The molecule has 14 heavy (non-hydrogen) atoms. The predicted octanol–water partition coefficient (Wildman–Crippen LogP) is 2.28. The largest absolute Gasteiger partial charge is 0.477 e. The molecule has 3 heteroatoms. The molecule has 0 radical (unpaired) electrons. The van der Waals surface area contributed by atoms with E-state index in [0.29, 0.717) is 12.5 Å². The maximum atomic E-state index is 5.80. The average Bonchev–Trinajstić information content (AvgIpc) is 2.19. The lowest BCUT2D eigenvalue weighted by Gasteiger charge is -2.11. The van der Waals surface area contributed by atoms with E-state index in [1.165, 1.54) is 0 Å². The van der Waals surface area contributed by atoms with E-state index < -0.39 is 0 Å². The summed E-state index contributed by atoms with van der Waals surface area (Å²) < 4.78 is 5.55. The Hall–Kier alpha value is -1.09. The summed E-state index contributed by atoms with van der Waals surface area (Å²) in [5.41, 5.74) is 6.77. The minimum atomic E-state index is -0.0275. The molecule has 1 rings (SSSR count). The van der Waals surface area contributed by atoms with Crippen LogP contribution in [0.25, 0.3) is 0 Å². The minimum absolute atomic E-state index is 0.0275. The summed E-state index contributed by atoms with van der Waals surface area (Å²) in [5, 5.41) is 0. The molecule has 0 aliphatic heterocycles. The number of ether oxygens (including phenoxy) is 1. The van der Waals surface area contributed by atoms with E-state index in [1.807, 2.05) is 19.1 Å². The monoisotopic (exact) mass is 194 g/mol. The molecule has 0 saturated carbocycles. The summed E-state index contributed by atoms with van der Waals surface area (Å²) in [4.78, 5) is 4.17. The predicted molar refractivity (Wildman–Crippen MR) is 57.2 cm³/mol. The van der Waals surface area contributed by atoms with Crippen LogP contribution >= 0.6 is 0 Å². The zero-order valence-corrected chi connectivity index (χ0v) is 8.86. The van der Waals surface area contributed by atoms with Crippen molar-refractivity contribution >= 4 is 0 Å². The second-order valence-corrected chi connectivity index (χ2v) is 3.39. The van der Waals surface area contributed by atoms with Gasteiger partial charge in [-0.15, -0.1) is 0 Å². The van der Waals surface area contributed by atoms with Gasteiger partial charge in [-0.2, -0.15) is 0 Å². The Balaban J connectivity index is 2.64. The van der Waals surface area contributed by atoms with Crippen LogP contribution in [0.15, 0.2) is 18.3 Å². The molecule has 0 amide bonds.